The molecular weight excluding hydrogens is 323 g/mol. The van der Waals surface area contributed by atoms with Crippen LogP contribution in [0.3, 0.4) is 0 Å². The molecule has 0 bridgehead atoms. The number of amides is 2. The lowest BCUT2D eigenvalue weighted by Crippen LogP contribution is -2.52. The van der Waals surface area contributed by atoms with Crippen LogP contribution >= 0.6 is 0 Å². The average Bonchev–Trinajstić information content (AvgIpc) is 2.59. The van der Waals surface area contributed by atoms with Crippen molar-refractivity contribution in [2.24, 2.45) is 0 Å². The summed E-state index contributed by atoms with van der Waals surface area (Å²) in [5.74, 6) is -0.207. The molecule has 1 atom stereocenters. The van der Waals surface area contributed by atoms with Gasteiger partial charge in [-0.3, -0.25) is 9.59 Å². The maximum Gasteiger partial charge on any atom is 0.265 e. The third-order valence-electron chi connectivity index (χ3n) is 4.14. The van der Waals surface area contributed by atoms with Gasteiger partial charge in [0, 0.05) is 13.5 Å². The highest BCUT2D eigenvalue weighted by Crippen LogP contribution is 2.35. The quantitative estimate of drug-likeness (QED) is 0.862. The number of ether oxygens (including phenoxy) is 1. The van der Waals surface area contributed by atoms with Gasteiger partial charge in [0.2, 0.25) is 5.91 Å². The van der Waals surface area contributed by atoms with E-state index in [9.17, 15) is 14.0 Å². The molecule has 0 saturated carbocycles. The molecule has 2 aromatic carbocycles. The van der Waals surface area contributed by atoms with E-state index in [2.05, 4.69) is 0 Å². The van der Waals surface area contributed by atoms with E-state index in [4.69, 9.17) is 4.74 Å². The fourth-order valence-electron chi connectivity index (χ4n) is 3.05. The molecule has 2 amide bonds. The Bertz CT molecular complexity index is 792. The second-order valence-corrected chi connectivity index (χ2v) is 5.97. The molecule has 0 aliphatic carbocycles. The summed E-state index contributed by atoms with van der Waals surface area (Å²) in [5, 5.41) is 0. The molecule has 3 rings (SSSR count). The SMILES string of the molecule is CC(=O)N1c2ccccc2N(C(=O)COc2ccc(F)cc2)C[C@@H]1C. The summed E-state index contributed by atoms with van der Waals surface area (Å²) in [6, 6.07) is 12.7. The summed E-state index contributed by atoms with van der Waals surface area (Å²) >= 11 is 0. The number of anilines is 2. The molecule has 6 heteroatoms. The van der Waals surface area contributed by atoms with E-state index in [1.54, 1.807) is 9.80 Å². The van der Waals surface area contributed by atoms with Crippen molar-refractivity contribution < 1.29 is 18.7 Å². The van der Waals surface area contributed by atoms with Crippen LogP contribution in [-0.4, -0.2) is 31.0 Å². The Labute approximate surface area is 145 Å². The summed E-state index contributed by atoms with van der Waals surface area (Å²) in [7, 11) is 0. The number of rotatable bonds is 3. The summed E-state index contributed by atoms with van der Waals surface area (Å²) in [4.78, 5) is 27.9. The Morgan fingerprint density at radius 1 is 1.12 bits per heavy atom. The molecule has 0 spiro atoms. The number of benzene rings is 2. The predicted octanol–water partition coefficient (Wildman–Crippen LogP) is 2.99. The molecule has 0 radical (unpaired) electrons. The minimum absolute atomic E-state index is 0.0605. The molecule has 0 saturated heterocycles. The Balaban J connectivity index is 1.79. The molecule has 130 valence electrons. The highest BCUT2D eigenvalue weighted by molar-refractivity contribution is 6.04. The van der Waals surface area contributed by atoms with Gasteiger partial charge in [-0.15, -0.1) is 0 Å². The number of halogens is 1. The summed E-state index contributed by atoms with van der Waals surface area (Å²) < 4.78 is 18.4. The van der Waals surface area contributed by atoms with Gasteiger partial charge in [-0.2, -0.15) is 0 Å². The van der Waals surface area contributed by atoms with Crippen molar-refractivity contribution in [1.29, 1.82) is 0 Å². The second kappa shape index (κ2) is 6.93. The van der Waals surface area contributed by atoms with Gasteiger partial charge in [-0.05, 0) is 43.3 Å². The third-order valence-corrected chi connectivity index (χ3v) is 4.14. The lowest BCUT2D eigenvalue weighted by Gasteiger charge is -2.40. The van der Waals surface area contributed by atoms with Crippen LogP contribution in [0.4, 0.5) is 15.8 Å². The molecule has 1 aliphatic rings. The predicted molar refractivity (Wildman–Crippen MR) is 93.3 cm³/mol. The fourth-order valence-corrected chi connectivity index (χ4v) is 3.05. The Morgan fingerprint density at radius 3 is 2.40 bits per heavy atom. The number of para-hydroxylation sites is 2. The molecule has 25 heavy (non-hydrogen) atoms. The number of hydrogen-bond acceptors (Lipinski definition) is 3. The molecule has 0 fully saturated rings. The van der Waals surface area contributed by atoms with Crippen LogP contribution in [-0.2, 0) is 9.59 Å². The monoisotopic (exact) mass is 342 g/mol. The number of fused-ring (bicyclic) bond motifs is 1. The van der Waals surface area contributed by atoms with Crippen molar-refractivity contribution in [2.75, 3.05) is 23.0 Å². The number of hydrogen-bond donors (Lipinski definition) is 0. The van der Waals surface area contributed by atoms with Gasteiger partial charge in [0.15, 0.2) is 6.61 Å². The molecule has 0 N–H and O–H groups in total. The largest absolute Gasteiger partial charge is 0.484 e. The zero-order chi connectivity index (χ0) is 18.0. The van der Waals surface area contributed by atoms with Gasteiger partial charge in [0.25, 0.3) is 5.91 Å². The molecule has 1 aliphatic heterocycles. The highest BCUT2D eigenvalue weighted by Gasteiger charge is 2.33. The lowest BCUT2D eigenvalue weighted by atomic mass is 10.1. The smallest absolute Gasteiger partial charge is 0.265 e. The van der Waals surface area contributed by atoms with E-state index >= 15 is 0 Å². The van der Waals surface area contributed by atoms with Crippen LogP contribution in [0.2, 0.25) is 0 Å². The normalized spacial score (nSPS) is 16.4. The van der Waals surface area contributed by atoms with Crippen LogP contribution in [0, 0.1) is 5.82 Å². The zero-order valence-corrected chi connectivity index (χ0v) is 14.1. The van der Waals surface area contributed by atoms with E-state index in [0.29, 0.717) is 23.7 Å². The van der Waals surface area contributed by atoms with E-state index in [1.807, 2.05) is 31.2 Å². The van der Waals surface area contributed by atoms with Gasteiger partial charge in [-0.25, -0.2) is 4.39 Å². The Hall–Kier alpha value is -2.89. The van der Waals surface area contributed by atoms with E-state index < -0.39 is 0 Å². The van der Waals surface area contributed by atoms with E-state index in [0.717, 1.165) is 0 Å². The maximum atomic E-state index is 12.9. The Morgan fingerprint density at radius 2 is 1.76 bits per heavy atom. The molecule has 5 nitrogen and oxygen atoms in total. The van der Waals surface area contributed by atoms with Gasteiger partial charge >= 0.3 is 0 Å². The van der Waals surface area contributed by atoms with Crippen LogP contribution in [0.15, 0.2) is 48.5 Å². The van der Waals surface area contributed by atoms with Crippen molar-refractivity contribution in [3.63, 3.8) is 0 Å². The first-order valence-electron chi connectivity index (χ1n) is 8.05. The van der Waals surface area contributed by atoms with Gasteiger partial charge in [0.1, 0.15) is 11.6 Å². The van der Waals surface area contributed by atoms with E-state index in [1.165, 1.54) is 31.2 Å². The maximum absolute atomic E-state index is 12.9. The lowest BCUT2D eigenvalue weighted by molar-refractivity contribution is -0.121. The van der Waals surface area contributed by atoms with Crippen molar-refractivity contribution in [1.82, 2.24) is 0 Å². The first-order valence-corrected chi connectivity index (χ1v) is 8.05. The van der Waals surface area contributed by atoms with Gasteiger partial charge in [-0.1, -0.05) is 12.1 Å². The second-order valence-electron chi connectivity index (χ2n) is 5.97. The average molecular weight is 342 g/mol. The summed E-state index contributed by atoms with van der Waals surface area (Å²) in [6.45, 7) is 3.65. The molecular formula is C19H19FN2O3. The van der Waals surface area contributed by atoms with Crippen molar-refractivity contribution in [2.45, 2.75) is 19.9 Å². The fraction of sp³-hybridized carbons (Fsp3) is 0.263. The first kappa shape index (κ1) is 17.0. The van der Waals surface area contributed by atoms with Crippen LogP contribution in [0.1, 0.15) is 13.8 Å². The van der Waals surface area contributed by atoms with Crippen molar-refractivity contribution in [3.05, 3.63) is 54.3 Å². The summed E-state index contributed by atoms with van der Waals surface area (Å²) in [6.07, 6.45) is 0. The standard InChI is InChI=1S/C19H19FN2O3/c1-13-11-21(17-5-3-4-6-18(17)22(13)14(2)23)19(24)12-25-16-9-7-15(20)8-10-16/h3-10,13H,11-12H2,1-2H3/t13-/m0/s1. The molecule has 1 heterocycles. The molecule has 0 unspecified atom stereocenters. The van der Waals surface area contributed by atoms with Gasteiger partial charge < -0.3 is 14.5 Å². The topological polar surface area (TPSA) is 49.9 Å². The first-order chi connectivity index (χ1) is 12.0. The number of nitrogens with zero attached hydrogens (tertiary/aromatic N) is 2. The van der Waals surface area contributed by atoms with Crippen LogP contribution < -0.4 is 14.5 Å². The summed E-state index contributed by atoms with van der Waals surface area (Å²) in [5.41, 5.74) is 1.40. The minimum Gasteiger partial charge on any atom is -0.484 e. The van der Waals surface area contributed by atoms with E-state index in [-0.39, 0.29) is 30.3 Å². The number of carbonyl (C=O) groups excluding carboxylic acids is 2. The van der Waals surface area contributed by atoms with Crippen molar-refractivity contribution in [3.8, 4) is 5.75 Å². The highest BCUT2D eigenvalue weighted by atomic mass is 19.1. The molecule has 0 aromatic heterocycles. The number of carbonyl (C=O) groups is 2. The van der Waals surface area contributed by atoms with Gasteiger partial charge in [0.05, 0.1) is 17.4 Å². The third kappa shape index (κ3) is 3.47. The van der Waals surface area contributed by atoms with Crippen LogP contribution in [0.25, 0.3) is 0 Å². The Kier molecular flexibility index (Phi) is 4.70. The van der Waals surface area contributed by atoms with Crippen LogP contribution in [0.5, 0.6) is 5.75 Å². The minimum atomic E-state index is -0.359. The zero-order valence-electron chi connectivity index (χ0n) is 14.1. The van der Waals surface area contributed by atoms with Crippen molar-refractivity contribution >= 4 is 23.2 Å². The molecule has 2 aromatic rings.